The van der Waals surface area contributed by atoms with Gasteiger partial charge in [0.15, 0.2) is 0 Å². The summed E-state index contributed by atoms with van der Waals surface area (Å²) >= 11 is 0. The van der Waals surface area contributed by atoms with Gasteiger partial charge in [0.05, 0.1) is 11.6 Å². The fourth-order valence-corrected chi connectivity index (χ4v) is 1.60. The number of rotatable bonds is 4. The molecule has 0 saturated carbocycles. The van der Waals surface area contributed by atoms with E-state index >= 15 is 0 Å². The summed E-state index contributed by atoms with van der Waals surface area (Å²) in [4.78, 5) is 3.94. The van der Waals surface area contributed by atoms with E-state index in [0.29, 0.717) is 11.5 Å². The summed E-state index contributed by atoms with van der Waals surface area (Å²) in [7, 11) is 0. The highest BCUT2D eigenvalue weighted by Gasteiger charge is 2.11. The summed E-state index contributed by atoms with van der Waals surface area (Å²) in [6.07, 6.45) is 11.4. The molecular formula is C14H15N3O. The summed E-state index contributed by atoms with van der Waals surface area (Å²) in [6, 6.07) is 3.71. The van der Waals surface area contributed by atoms with Crippen LogP contribution >= 0.6 is 0 Å². The normalized spacial score (nSPS) is 18.7. The summed E-state index contributed by atoms with van der Waals surface area (Å²) in [5.41, 5.74) is 4.48. The summed E-state index contributed by atoms with van der Waals surface area (Å²) < 4.78 is 0. The van der Waals surface area contributed by atoms with Crippen LogP contribution in [0.4, 0.5) is 0 Å². The highest BCUT2D eigenvalue weighted by molar-refractivity contribution is 5.67. The number of hydrogen-bond acceptors (Lipinski definition) is 4. The Bertz CT molecular complexity index is 503. The molecule has 2 rings (SSSR count). The largest absolute Gasteiger partial charge is 0.512 e. The molecule has 1 aromatic rings. The smallest absolute Gasteiger partial charge is 0.101 e. The Labute approximate surface area is 106 Å². The maximum absolute atomic E-state index is 9.61. The topological polar surface area (TPSA) is 57.5 Å². The quantitative estimate of drug-likeness (QED) is 0.629. The molecule has 92 valence electrons. The Hall–Kier alpha value is -2.36. The van der Waals surface area contributed by atoms with Crippen molar-refractivity contribution in [3.63, 3.8) is 0 Å². The Kier molecular flexibility index (Phi) is 3.91. The van der Waals surface area contributed by atoms with Crippen LogP contribution in [0.3, 0.4) is 0 Å². The number of hydrazone groups is 1. The van der Waals surface area contributed by atoms with Gasteiger partial charge in [0.1, 0.15) is 5.76 Å². The van der Waals surface area contributed by atoms with Crippen LogP contribution in [0.25, 0.3) is 5.70 Å². The Morgan fingerprint density at radius 3 is 3.00 bits per heavy atom. The molecule has 1 unspecified atom stereocenters. The van der Waals surface area contributed by atoms with E-state index in [1.807, 2.05) is 24.3 Å². The first-order chi connectivity index (χ1) is 8.77. The van der Waals surface area contributed by atoms with Crippen molar-refractivity contribution in [3.8, 4) is 0 Å². The molecule has 1 aromatic heterocycles. The lowest BCUT2D eigenvalue weighted by Gasteiger charge is -2.12. The Balaban J connectivity index is 1.90. The van der Waals surface area contributed by atoms with Crippen LogP contribution in [0, 0.1) is 5.92 Å². The fourth-order valence-electron chi connectivity index (χ4n) is 1.60. The molecule has 0 aromatic carbocycles. The van der Waals surface area contributed by atoms with Gasteiger partial charge in [-0.3, -0.25) is 10.4 Å². The SMILES string of the molecule is C=C(N/N=C/C1CC=CC=C1O)c1ccncc1. The van der Waals surface area contributed by atoms with Gasteiger partial charge in [-0.25, -0.2) is 0 Å². The van der Waals surface area contributed by atoms with Gasteiger partial charge >= 0.3 is 0 Å². The molecule has 1 atom stereocenters. The molecule has 18 heavy (non-hydrogen) atoms. The van der Waals surface area contributed by atoms with Crippen LogP contribution in [-0.2, 0) is 0 Å². The first kappa shape index (κ1) is 12.1. The van der Waals surface area contributed by atoms with Crippen molar-refractivity contribution in [2.45, 2.75) is 6.42 Å². The number of aliphatic hydroxyl groups is 1. The van der Waals surface area contributed by atoms with Gasteiger partial charge in [-0.1, -0.05) is 18.7 Å². The van der Waals surface area contributed by atoms with Gasteiger partial charge in [0.2, 0.25) is 0 Å². The molecule has 2 N–H and O–H groups in total. The molecule has 0 aliphatic heterocycles. The molecule has 0 bridgehead atoms. The van der Waals surface area contributed by atoms with Crippen LogP contribution in [0.2, 0.25) is 0 Å². The van der Waals surface area contributed by atoms with Gasteiger partial charge in [-0.2, -0.15) is 5.10 Å². The zero-order chi connectivity index (χ0) is 12.8. The lowest BCUT2D eigenvalue weighted by molar-refractivity contribution is 0.364. The Morgan fingerprint density at radius 2 is 2.28 bits per heavy atom. The zero-order valence-corrected chi connectivity index (χ0v) is 9.95. The lowest BCUT2D eigenvalue weighted by atomic mass is 10.0. The van der Waals surface area contributed by atoms with Crippen molar-refractivity contribution in [1.29, 1.82) is 0 Å². The van der Waals surface area contributed by atoms with Crippen molar-refractivity contribution in [2.75, 3.05) is 0 Å². The van der Waals surface area contributed by atoms with Gasteiger partial charge in [-0.05, 0) is 24.6 Å². The monoisotopic (exact) mass is 241 g/mol. The van der Waals surface area contributed by atoms with E-state index in [9.17, 15) is 5.11 Å². The van der Waals surface area contributed by atoms with E-state index < -0.39 is 0 Å². The van der Waals surface area contributed by atoms with Crippen LogP contribution in [-0.4, -0.2) is 16.3 Å². The predicted octanol–water partition coefficient (Wildman–Crippen LogP) is 2.65. The molecule has 0 fully saturated rings. The average molecular weight is 241 g/mol. The van der Waals surface area contributed by atoms with Crippen LogP contribution < -0.4 is 5.43 Å². The van der Waals surface area contributed by atoms with E-state index in [1.165, 1.54) is 0 Å². The van der Waals surface area contributed by atoms with Crippen molar-refractivity contribution in [2.24, 2.45) is 11.0 Å². The summed E-state index contributed by atoms with van der Waals surface area (Å²) in [5, 5.41) is 13.7. The molecule has 4 heteroatoms. The van der Waals surface area contributed by atoms with Crippen LogP contribution in [0.15, 0.2) is 60.2 Å². The van der Waals surface area contributed by atoms with E-state index in [2.05, 4.69) is 22.1 Å². The minimum absolute atomic E-state index is 0.0623. The van der Waals surface area contributed by atoms with E-state index in [1.54, 1.807) is 24.7 Å². The summed E-state index contributed by atoms with van der Waals surface area (Å²) in [6.45, 7) is 3.88. The summed E-state index contributed by atoms with van der Waals surface area (Å²) in [5.74, 6) is 0.269. The van der Waals surface area contributed by atoms with Crippen LogP contribution in [0.5, 0.6) is 0 Å². The maximum Gasteiger partial charge on any atom is 0.101 e. The van der Waals surface area contributed by atoms with Crippen molar-refractivity contribution < 1.29 is 5.11 Å². The number of nitrogens with one attached hydrogen (secondary N) is 1. The van der Waals surface area contributed by atoms with Crippen LogP contribution in [0.1, 0.15) is 12.0 Å². The van der Waals surface area contributed by atoms with Gasteiger partial charge in [-0.15, -0.1) is 0 Å². The molecule has 1 aliphatic rings. The molecule has 4 nitrogen and oxygen atoms in total. The molecule has 1 aliphatic carbocycles. The molecule has 0 amide bonds. The van der Waals surface area contributed by atoms with E-state index in [-0.39, 0.29) is 5.92 Å². The third-order valence-corrected chi connectivity index (χ3v) is 2.66. The molecule has 0 saturated heterocycles. The van der Waals surface area contributed by atoms with Gasteiger partial charge in [0.25, 0.3) is 0 Å². The number of pyridine rings is 1. The predicted molar refractivity (Wildman–Crippen MR) is 72.9 cm³/mol. The number of aliphatic hydroxyl groups excluding tert-OH is 1. The number of allylic oxidation sites excluding steroid dienone is 4. The number of hydrogen-bond donors (Lipinski definition) is 2. The molecule has 0 spiro atoms. The minimum atomic E-state index is -0.0623. The highest BCUT2D eigenvalue weighted by Crippen LogP contribution is 2.15. The first-order valence-corrected chi connectivity index (χ1v) is 5.71. The second-order valence-electron chi connectivity index (χ2n) is 3.97. The minimum Gasteiger partial charge on any atom is -0.512 e. The van der Waals surface area contributed by atoms with Crippen molar-refractivity contribution in [3.05, 3.63) is 60.7 Å². The van der Waals surface area contributed by atoms with E-state index in [4.69, 9.17) is 0 Å². The third kappa shape index (κ3) is 3.07. The third-order valence-electron chi connectivity index (χ3n) is 2.66. The molecule has 1 heterocycles. The van der Waals surface area contributed by atoms with E-state index in [0.717, 1.165) is 12.0 Å². The van der Waals surface area contributed by atoms with Gasteiger partial charge in [0, 0.05) is 24.2 Å². The van der Waals surface area contributed by atoms with Crippen molar-refractivity contribution in [1.82, 2.24) is 10.4 Å². The average Bonchev–Trinajstić information content (AvgIpc) is 2.42. The van der Waals surface area contributed by atoms with Crippen molar-refractivity contribution >= 4 is 11.9 Å². The first-order valence-electron chi connectivity index (χ1n) is 5.71. The number of aromatic nitrogens is 1. The molecule has 0 radical (unpaired) electrons. The van der Waals surface area contributed by atoms with Gasteiger partial charge < -0.3 is 5.11 Å². The lowest BCUT2D eigenvalue weighted by Crippen LogP contribution is -2.10. The fraction of sp³-hybridized carbons (Fsp3) is 0.143. The second kappa shape index (κ2) is 5.82. The zero-order valence-electron chi connectivity index (χ0n) is 9.95. The second-order valence-corrected chi connectivity index (χ2v) is 3.97. The maximum atomic E-state index is 9.61. The standard InChI is InChI=1S/C14H15N3O/c1-11(12-6-8-15-9-7-12)17-16-10-13-4-2-3-5-14(13)18/h2-3,5-10,13,17-18H,1,4H2/b16-10+. The highest BCUT2D eigenvalue weighted by atomic mass is 16.3. The number of nitrogens with zero attached hydrogens (tertiary/aromatic N) is 2. The Morgan fingerprint density at radius 1 is 1.50 bits per heavy atom. The molecular weight excluding hydrogens is 226 g/mol.